The summed E-state index contributed by atoms with van der Waals surface area (Å²) in [5, 5.41) is 0. The van der Waals surface area contributed by atoms with Gasteiger partial charge >= 0.3 is 5.97 Å². The van der Waals surface area contributed by atoms with Crippen LogP contribution in [0.2, 0.25) is 0 Å². The van der Waals surface area contributed by atoms with E-state index in [1.807, 2.05) is 0 Å². The zero-order valence-corrected chi connectivity index (χ0v) is 15.6. The standard InChI is InChI=1S/C19H24BrNO3/c1-3-10-23-12-16-11-21-17(19(22)24-16)9-4-13(2)18(21)14-5-7-15(20)8-6-14/h3,5-8,13,16-18H,1,4,9-12H2,2H3/t13-,16-,17-,18-/m0/s1. The van der Waals surface area contributed by atoms with E-state index in [2.05, 4.69) is 58.6 Å². The number of rotatable bonds is 5. The van der Waals surface area contributed by atoms with Crippen LogP contribution >= 0.6 is 15.9 Å². The molecule has 2 heterocycles. The van der Waals surface area contributed by atoms with Gasteiger partial charge < -0.3 is 9.47 Å². The van der Waals surface area contributed by atoms with Crippen molar-refractivity contribution in [2.24, 2.45) is 5.92 Å². The molecule has 3 rings (SSSR count). The van der Waals surface area contributed by atoms with Crippen molar-refractivity contribution in [3.8, 4) is 0 Å². The predicted octanol–water partition coefficient (Wildman–Crippen LogP) is 3.72. The van der Waals surface area contributed by atoms with E-state index in [9.17, 15) is 4.79 Å². The molecule has 2 aliphatic rings. The van der Waals surface area contributed by atoms with Crippen LogP contribution in [0.1, 0.15) is 31.4 Å². The van der Waals surface area contributed by atoms with Crippen LogP contribution in [0.4, 0.5) is 0 Å². The van der Waals surface area contributed by atoms with Gasteiger partial charge in [0.15, 0.2) is 0 Å². The fourth-order valence-corrected chi connectivity index (χ4v) is 4.09. The van der Waals surface area contributed by atoms with E-state index in [1.165, 1.54) is 5.56 Å². The molecular weight excluding hydrogens is 370 g/mol. The molecule has 24 heavy (non-hydrogen) atoms. The summed E-state index contributed by atoms with van der Waals surface area (Å²) in [6.07, 6.45) is 3.40. The number of hydrogen-bond donors (Lipinski definition) is 0. The van der Waals surface area contributed by atoms with Crippen molar-refractivity contribution < 1.29 is 14.3 Å². The second kappa shape index (κ2) is 7.81. The van der Waals surface area contributed by atoms with E-state index < -0.39 is 0 Å². The smallest absolute Gasteiger partial charge is 0.323 e. The van der Waals surface area contributed by atoms with Crippen molar-refractivity contribution in [3.63, 3.8) is 0 Å². The molecule has 130 valence electrons. The third-order valence-corrected chi connectivity index (χ3v) is 5.44. The summed E-state index contributed by atoms with van der Waals surface area (Å²) in [7, 11) is 0. The van der Waals surface area contributed by atoms with Crippen LogP contribution in [0.5, 0.6) is 0 Å². The fraction of sp³-hybridized carbons (Fsp3) is 0.526. The van der Waals surface area contributed by atoms with Gasteiger partial charge in [-0.05, 0) is 36.5 Å². The maximum absolute atomic E-state index is 12.5. The summed E-state index contributed by atoms with van der Waals surface area (Å²) >= 11 is 3.50. The van der Waals surface area contributed by atoms with E-state index in [-0.39, 0.29) is 24.2 Å². The summed E-state index contributed by atoms with van der Waals surface area (Å²) in [6.45, 7) is 7.53. The van der Waals surface area contributed by atoms with Gasteiger partial charge in [-0.1, -0.05) is 41.1 Å². The third-order valence-electron chi connectivity index (χ3n) is 4.91. The molecule has 2 aliphatic heterocycles. The first-order valence-electron chi connectivity index (χ1n) is 8.50. The van der Waals surface area contributed by atoms with E-state index >= 15 is 0 Å². The summed E-state index contributed by atoms with van der Waals surface area (Å²) in [5.41, 5.74) is 1.26. The normalized spacial score (nSPS) is 30.5. The van der Waals surface area contributed by atoms with Crippen molar-refractivity contribution in [3.05, 3.63) is 47.0 Å². The Hall–Kier alpha value is -1.17. The number of piperidine rings is 1. The molecule has 0 amide bonds. The first-order valence-corrected chi connectivity index (χ1v) is 9.29. The first kappa shape index (κ1) is 17.6. The topological polar surface area (TPSA) is 38.8 Å². The fourth-order valence-electron chi connectivity index (χ4n) is 3.82. The second-order valence-electron chi connectivity index (χ2n) is 6.65. The molecule has 0 unspecified atom stereocenters. The van der Waals surface area contributed by atoms with Crippen LogP contribution in [0.25, 0.3) is 0 Å². The molecule has 4 atom stereocenters. The van der Waals surface area contributed by atoms with Crippen LogP contribution in [-0.2, 0) is 14.3 Å². The number of hydrogen-bond acceptors (Lipinski definition) is 4. The van der Waals surface area contributed by atoms with E-state index in [4.69, 9.17) is 9.47 Å². The van der Waals surface area contributed by atoms with Crippen molar-refractivity contribution in [1.82, 2.24) is 4.90 Å². The Morgan fingerprint density at radius 1 is 1.38 bits per heavy atom. The number of carbonyl (C=O) groups excluding carboxylic acids is 1. The van der Waals surface area contributed by atoms with Crippen LogP contribution in [0, 0.1) is 5.92 Å². The predicted molar refractivity (Wildman–Crippen MR) is 96.7 cm³/mol. The molecule has 5 heteroatoms. The van der Waals surface area contributed by atoms with Crippen molar-refractivity contribution in [2.45, 2.75) is 38.0 Å². The minimum atomic E-state index is -0.211. The average molecular weight is 394 g/mol. The molecule has 2 saturated heterocycles. The Morgan fingerprint density at radius 3 is 2.83 bits per heavy atom. The second-order valence-corrected chi connectivity index (χ2v) is 7.56. The van der Waals surface area contributed by atoms with Crippen LogP contribution in [0.15, 0.2) is 41.4 Å². The number of nitrogens with zero attached hydrogens (tertiary/aromatic N) is 1. The molecule has 0 aromatic heterocycles. The maximum atomic E-state index is 12.5. The van der Waals surface area contributed by atoms with Gasteiger partial charge in [0.2, 0.25) is 0 Å². The summed E-state index contributed by atoms with van der Waals surface area (Å²) < 4.78 is 12.2. The maximum Gasteiger partial charge on any atom is 0.323 e. The van der Waals surface area contributed by atoms with Crippen molar-refractivity contribution in [1.29, 1.82) is 0 Å². The summed E-state index contributed by atoms with van der Waals surface area (Å²) in [6, 6.07) is 8.54. The van der Waals surface area contributed by atoms with Crippen molar-refractivity contribution >= 4 is 21.9 Å². The Morgan fingerprint density at radius 2 is 2.12 bits per heavy atom. The monoisotopic (exact) mass is 393 g/mol. The highest BCUT2D eigenvalue weighted by Gasteiger charge is 2.45. The van der Waals surface area contributed by atoms with Gasteiger partial charge in [-0.15, -0.1) is 6.58 Å². The molecule has 1 aromatic rings. The lowest BCUT2D eigenvalue weighted by molar-refractivity contribution is -0.178. The van der Waals surface area contributed by atoms with Crippen molar-refractivity contribution in [2.75, 3.05) is 19.8 Å². The highest BCUT2D eigenvalue weighted by atomic mass is 79.9. The minimum absolute atomic E-state index is 0.109. The van der Waals surface area contributed by atoms with Gasteiger partial charge in [-0.25, -0.2) is 0 Å². The van der Waals surface area contributed by atoms with Crippen LogP contribution in [0.3, 0.4) is 0 Å². The molecule has 0 N–H and O–H groups in total. The number of fused-ring (bicyclic) bond motifs is 1. The number of morpholine rings is 1. The zero-order chi connectivity index (χ0) is 17.1. The van der Waals surface area contributed by atoms with Gasteiger partial charge in [0.25, 0.3) is 0 Å². The molecule has 0 aliphatic carbocycles. The quantitative estimate of drug-likeness (QED) is 0.434. The number of carbonyl (C=O) groups is 1. The van der Waals surface area contributed by atoms with Gasteiger partial charge in [-0.3, -0.25) is 9.69 Å². The SMILES string of the molecule is C=CCOC[C@@H]1CN2[C@H](c3ccc(Br)cc3)[C@@H](C)CC[C@H]2C(=O)O1. The molecule has 0 spiro atoms. The summed E-state index contributed by atoms with van der Waals surface area (Å²) in [5.74, 6) is 0.394. The van der Waals surface area contributed by atoms with E-state index in [0.717, 1.165) is 23.9 Å². The lowest BCUT2D eigenvalue weighted by atomic mass is 9.82. The van der Waals surface area contributed by atoms with E-state index in [1.54, 1.807) is 6.08 Å². The number of cyclic esters (lactones) is 1. The number of benzene rings is 1. The Balaban J connectivity index is 1.80. The van der Waals surface area contributed by atoms with E-state index in [0.29, 0.717) is 19.1 Å². The Kier molecular flexibility index (Phi) is 5.74. The Bertz CT molecular complexity index is 589. The molecule has 0 radical (unpaired) electrons. The Labute approximate surface area is 151 Å². The lowest BCUT2D eigenvalue weighted by Crippen LogP contribution is -2.58. The summed E-state index contributed by atoms with van der Waals surface area (Å²) in [4.78, 5) is 14.8. The van der Waals surface area contributed by atoms with Gasteiger partial charge in [-0.2, -0.15) is 0 Å². The van der Waals surface area contributed by atoms with Crippen LogP contribution < -0.4 is 0 Å². The first-order chi connectivity index (χ1) is 11.6. The largest absolute Gasteiger partial charge is 0.457 e. The third kappa shape index (κ3) is 3.73. The minimum Gasteiger partial charge on any atom is -0.457 e. The number of esters is 1. The lowest BCUT2D eigenvalue weighted by Gasteiger charge is -2.48. The highest BCUT2D eigenvalue weighted by molar-refractivity contribution is 9.10. The number of ether oxygens (including phenoxy) is 2. The average Bonchev–Trinajstić information content (AvgIpc) is 2.56. The highest BCUT2D eigenvalue weighted by Crippen LogP contribution is 2.41. The molecule has 4 nitrogen and oxygen atoms in total. The molecule has 2 fully saturated rings. The van der Waals surface area contributed by atoms with Crippen LogP contribution in [-0.4, -0.2) is 42.8 Å². The van der Waals surface area contributed by atoms with Gasteiger partial charge in [0.05, 0.1) is 13.2 Å². The molecule has 1 aromatic carbocycles. The molecular formula is C19H24BrNO3. The zero-order valence-electron chi connectivity index (χ0n) is 14.0. The van der Waals surface area contributed by atoms with Gasteiger partial charge in [0, 0.05) is 17.1 Å². The molecule has 0 bridgehead atoms. The van der Waals surface area contributed by atoms with Gasteiger partial charge in [0.1, 0.15) is 12.1 Å². The number of halogens is 1. The molecule has 0 saturated carbocycles.